The highest BCUT2D eigenvalue weighted by atomic mass is 16.4. The molecule has 0 atom stereocenters. The van der Waals surface area contributed by atoms with Crippen molar-refractivity contribution in [2.24, 2.45) is 0 Å². The maximum absolute atomic E-state index is 10.6. The second-order valence-electron chi connectivity index (χ2n) is 2.11. The fourth-order valence-electron chi connectivity index (χ4n) is 0.642. The summed E-state index contributed by atoms with van der Waals surface area (Å²) < 4.78 is 1.04. The lowest BCUT2D eigenvalue weighted by Crippen LogP contribution is -2.28. The van der Waals surface area contributed by atoms with E-state index in [-0.39, 0.29) is 11.4 Å². The van der Waals surface area contributed by atoms with E-state index in [2.05, 4.69) is 5.10 Å². The van der Waals surface area contributed by atoms with Crippen molar-refractivity contribution in [2.45, 2.75) is 6.92 Å². The number of hydrogen-bond acceptors (Lipinski definition) is 4. The first-order valence-corrected chi connectivity index (χ1v) is 3.03. The Morgan fingerprint density at radius 3 is 2.64 bits per heavy atom. The third kappa shape index (κ3) is 1.66. The first kappa shape index (κ1) is 7.97. The number of hydrogen-bond donors (Lipinski definition) is 2. The summed E-state index contributed by atoms with van der Waals surface area (Å²) in [5, 5.41) is 20.8. The Labute approximate surface area is 63.4 Å². The molecular weight excluding hydrogens is 147 g/mol. The maximum atomic E-state index is 10.6. The SMILES string of the molecule is CC(=O)n1cc(B(O)O)cn1. The molecule has 5 nitrogen and oxygen atoms in total. The van der Waals surface area contributed by atoms with Gasteiger partial charge in [-0.1, -0.05) is 0 Å². The van der Waals surface area contributed by atoms with Crippen molar-refractivity contribution < 1.29 is 14.8 Å². The van der Waals surface area contributed by atoms with Gasteiger partial charge in [-0.05, 0) is 0 Å². The van der Waals surface area contributed by atoms with Crippen LogP contribution in [0.15, 0.2) is 12.4 Å². The average molecular weight is 154 g/mol. The van der Waals surface area contributed by atoms with E-state index in [9.17, 15) is 4.79 Å². The molecule has 0 saturated heterocycles. The zero-order chi connectivity index (χ0) is 8.43. The molecule has 0 saturated carbocycles. The summed E-state index contributed by atoms with van der Waals surface area (Å²) in [4.78, 5) is 10.6. The molecule has 0 amide bonds. The van der Waals surface area contributed by atoms with Crippen LogP contribution in [0.3, 0.4) is 0 Å². The summed E-state index contributed by atoms with van der Waals surface area (Å²) in [5.41, 5.74) is 0.209. The third-order valence-electron chi connectivity index (χ3n) is 1.22. The normalized spacial score (nSPS) is 9.73. The van der Waals surface area contributed by atoms with Crippen LogP contribution < -0.4 is 5.46 Å². The van der Waals surface area contributed by atoms with E-state index in [1.54, 1.807) is 0 Å². The lowest BCUT2D eigenvalue weighted by molar-refractivity contribution is 0.0921. The maximum Gasteiger partial charge on any atom is 0.491 e. The second-order valence-corrected chi connectivity index (χ2v) is 2.11. The van der Waals surface area contributed by atoms with E-state index in [4.69, 9.17) is 10.0 Å². The minimum Gasteiger partial charge on any atom is -0.423 e. The highest BCUT2D eigenvalue weighted by Gasteiger charge is 2.13. The number of carbonyl (C=O) groups excluding carboxylic acids is 1. The summed E-state index contributed by atoms with van der Waals surface area (Å²) >= 11 is 0. The van der Waals surface area contributed by atoms with Gasteiger partial charge in [0.2, 0.25) is 5.91 Å². The predicted octanol–water partition coefficient (Wildman–Crippen LogP) is -1.78. The summed E-state index contributed by atoms with van der Waals surface area (Å²) in [6.07, 6.45) is 2.50. The molecule has 0 aliphatic heterocycles. The summed E-state index contributed by atoms with van der Waals surface area (Å²) in [6.45, 7) is 1.33. The van der Waals surface area contributed by atoms with E-state index in [0.29, 0.717) is 0 Å². The molecule has 0 spiro atoms. The van der Waals surface area contributed by atoms with Crippen molar-refractivity contribution in [3.63, 3.8) is 0 Å². The van der Waals surface area contributed by atoms with Crippen molar-refractivity contribution >= 4 is 18.5 Å². The predicted molar refractivity (Wildman–Crippen MR) is 38.4 cm³/mol. The Kier molecular flexibility index (Phi) is 2.07. The monoisotopic (exact) mass is 154 g/mol. The molecular formula is C5H7BN2O3. The van der Waals surface area contributed by atoms with Gasteiger partial charge in [0.15, 0.2) is 0 Å². The fourth-order valence-corrected chi connectivity index (χ4v) is 0.642. The molecule has 0 aromatic carbocycles. The zero-order valence-corrected chi connectivity index (χ0v) is 5.93. The molecule has 0 fully saturated rings. The lowest BCUT2D eigenvalue weighted by Gasteiger charge is -1.90. The molecule has 1 aromatic heterocycles. The molecule has 2 N–H and O–H groups in total. The molecule has 1 heterocycles. The molecule has 0 unspecified atom stereocenters. The first-order chi connectivity index (χ1) is 5.11. The Morgan fingerprint density at radius 1 is 1.73 bits per heavy atom. The van der Waals surface area contributed by atoms with Gasteiger partial charge in [0, 0.05) is 24.8 Å². The lowest BCUT2D eigenvalue weighted by atomic mass is 9.83. The van der Waals surface area contributed by atoms with E-state index in [1.165, 1.54) is 19.3 Å². The topological polar surface area (TPSA) is 75.4 Å². The van der Waals surface area contributed by atoms with Crippen LogP contribution in [0.2, 0.25) is 0 Å². The quantitative estimate of drug-likeness (QED) is 0.469. The molecule has 0 aliphatic rings. The minimum absolute atomic E-state index is 0.209. The van der Waals surface area contributed by atoms with Gasteiger partial charge in [-0.25, -0.2) is 4.68 Å². The first-order valence-electron chi connectivity index (χ1n) is 3.03. The molecule has 1 rings (SSSR count). The Morgan fingerprint density at radius 2 is 2.36 bits per heavy atom. The average Bonchev–Trinajstić information content (AvgIpc) is 2.33. The van der Waals surface area contributed by atoms with Gasteiger partial charge in [-0.2, -0.15) is 5.10 Å². The Hall–Kier alpha value is -1.14. The standard InChI is InChI=1S/C5H7BN2O3/c1-4(9)8-3-5(2-7-8)6(10)11/h2-3,10-11H,1H3. The van der Waals surface area contributed by atoms with Crippen LogP contribution in [0.5, 0.6) is 0 Å². The van der Waals surface area contributed by atoms with Crippen LogP contribution in [0.4, 0.5) is 0 Å². The largest absolute Gasteiger partial charge is 0.491 e. The molecule has 58 valence electrons. The number of rotatable bonds is 1. The number of carbonyl (C=O) groups is 1. The number of nitrogens with zero attached hydrogens (tertiary/aromatic N) is 2. The van der Waals surface area contributed by atoms with E-state index >= 15 is 0 Å². The van der Waals surface area contributed by atoms with Crippen LogP contribution in [-0.2, 0) is 0 Å². The van der Waals surface area contributed by atoms with Gasteiger partial charge in [0.1, 0.15) is 0 Å². The van der Waals surface area contributed by atoms with Crippen LogP contribution in [-0.4, -0.2) is 32.9 Å². The van der Waals surface area contributed by atoms with Crippen molar-refractivity contribution in [3.8, 4) is 0 Å². The molecule has 0 bridgehead atoms. The molecule has 0 aliphatic carbocycles. The minimum atomic E-state index is -1.57. The van der Waals surface area contributed by atoms with Gasteiger partial charge in [0.25, 0.3) is 0 Å². The van der Waals surface area contributed by atoms with Gasteiger partial charge in [0.05, 0.1) is 0 Å². The smallest absolute Gasteiger partial charge is 0.423 e. The van der Waals surface area contributed by atoms with E-state index in [1.807, 2.05) is 0 Å². The summed E-state index contributed by atoms with van der Waals surface area (Å²) in [6, 6.07) is 0. The Balaban J connectivity index is 2.90. The van der Waals surface area contributed by atoms with Crippen molar-refractivity contribution in [2.75, 3.05) is 0 Å². The van der Waals surface area contributed by atoms with Crippen LogP contribution in [0.1, 0.15) is 11.7 Å². The second kappa shape index (κ2) is 2.85. The van der Waals surface area contributed by atoms with Gasteiger partial charge in [-0.3, -0.25) is 4.79 Å². The summed E-state index contributed by atoms with van der Waals surface area (Å²) in [7, 11) is -1.57. The zero-order valence-electron chi connectivity index (χ0n) is 5.93. The molecule has 6 heteroatoms. The molecule has 11 heavy (non-hydrogen) atoms. The third-order valence-corrected chi connectivity index (χ3v) is 1.22. The highest BCUT2D eigenvalue weighted by molar-refractivity contribution is 6.58. The fraction of sp³-hybridized carbons (Fsp3) is 0.200. The molecule has 1 aromatic rings. The van der Waals surface area contributed by atoms with E-state index in [0.717, 1.165) is 4.68 Å². The van der Waals surface area contributed by atoms with Gasteiger partial charge in [-0.15, -0.1) is 0 Å². The van der Waals surface area contributed by atoms with Crippen LogP contribution in [0.25, 0.3) is 0 Å². The van der Waals surface area contributed by atoms with Crippen LogP contribution in [0, 0.1) is 0 Å². The number of aromatic nitrogens is 2. The van der Waals surface area contributed by atoms with Crippen LogP contribution >= 0.6 is 0 Å². The van der Waals surface area contributed by atoms with Gasteiger partial charge < -0.3 is 10.0 Å². The van der Waals surface area contributed by atoms with Crippen molar-refractivity contribution in [1.82, 2.24) is 9.78 Å². The van der Waals surface area contributed by atoms with Crippen molar-refractivity contribution in [1.29, 1.82) is 0 Å². The Bertz CT molecular complexity index is 270. The highest BCUT2D eigenvalue weighted by Crippen LogP contribution is 1.82. The molecule has 0 radical (unpaired) electrons. The van der Waals surface area contributed by atoms with Crippen molar-refractivity contribution in [3.05, 3.63) is 12.4 Å². The van der Waals surface area contributed by atoms with Gasteiger partial charge >= 0.3 is 7.12 Å². The van der Waals surface area contributed by atoms with E-state index < -0.39 is 7.12 Å². The summed E-state index contributed by atoms with van der Waals surface area (Å²) in [5.74, 6) is -0.267.